The molecule has 0 spiro atoms. The van der Waals surface area contributed by atoms with Gasteiger partial charge in [0, 0.05) is 0 Å². The van der Waals surface area contributed by atoms with Crippen LogP contribution in [0.15, 0.2) is 36.4 Å². The zero-order valence-electron chi connectivity index (χ0n) is 8.88. The fraction of sp³-hybridized carbons (Fsp3) is 0.0833. The Morgan fingerprint density at radius 2 is 2.06 bits per heavy atom. The van der Waals surface area contributed by atoms with Gasteiger partial charge >= 0.3 is 0 Å². The third-order valence-electron chi connectivity index (χ3n) is 2.44. The molecule has 0 amide bonds. The van der Waals surface area contributed by atoms with Crippen LogP contribution in [0.3, 0.4) is 0 Å². The van der Waals surface area contributed by atoms with Crippen LogP contribution in [0.4, 0.5) is 11.4 Å². The summed E-state index contributed by atoms with van der Waals surface area (Å²) in [7, 11) is 0. The Balaban J connectivity index is 2.65. The van der Waals surface area contributed by atoms with E-state index in [-0.39, 0.29) is 12.2 Å². The summed E-state index contributed by atoms with van der Waals surface area (Å²) in [5, 5.41) is 23.7. The maximum atomic E-state index is 11.1. The topological polar surface area (TPSA) is 79.0 Å². The molecular weight excluding hydrogens is 218 g/mol. The van der Waals surface area contributed by atoms with E-state index in [9.17, 15) is 10.1 Å². The highest BCUT2D eigenvalue weighted by atomic mass is 16.6. The molecule has 0 saturated carbocycles. The van der Waals surface area contributed by atoms with Crippen LogP contribution in [0.1, 0.15) is 0 Å². The van der Waals surface area contributed by atoms with Crippen LogP contribution in [-0.2, 0) is 0 Å². The first-order valence-electron chi connectivity index (χ1n) is 5.01. The Kier molecular flexibility index (Phi) is 2.88. The van der Waals surface area contributed by atoms with E-state index in [1.807, 2.05) is 18.2 Å². The zero-order chi connectivity index (χ0) is 12.3. The van der Waals surface area contributed by atoms with Gasteiger partial charge in [-0.2, -0.15) is 5.26 Å². The number of rotatable bonds is 3. The molecule has 0 radical (unpaired) electrons. The van der Waals surface area contributed by atoms with Gasteiger partial charge in [-0.25, -0.2) is 0 Å². The van der Waals surface area contributed by atoms with E-state index in [1.54, 1.807) is 24.3 Å². The first-order chi connectivity index (χ1) is 8.24. The monoisotopic (exact) mass is 227 g/mol. The lowest BCUT2D eigenvalue weighted by Gasteiger charge is -2.06. The second kappa shape index (κ2) is 4.49. The molecule has 5 nitrogen and oxygen atoms in total. The quantitative estimate of drug-likeness (QED) is 0.496. The maximum absolute atomic E-state index is 11.1. The van der Waals surface area contributed by atoms with Gasteiger partial charge in [0.05, 0.1) is 16.4 Å². The average molecular weight is 227 g/mol. The Morgan fingerprint density at radius 3 is 2.76 bits per heavy atom. The highest BCUT2D eigenvalue weighted by Gasteiger charge is 2.17. The number of nitrogens with one attached hydrogen (secondary N) is 1. The Hall–Kier alpha value is -2.61. The molecule has 84 valence electrons. The molecule has 5 heteroatoms. The van der Waals surface area contributed by atoms with Crippen LogP contribution < -0.4 is 5.32 Å². The van der Waals surface area contributed by atoms with Crippen LogP contribution in [0.25, 0.3) is 10.8 Å². The number of benzene rings is 2. The number of nitriles is 1. The zero-order valence-corrected chi connectivity index (χ0v) is 8.88. The first kappa shape index (κ1) is 10.9. The van der Waals surface area contributed by atoms with Crippen molar-refractivity contribution in [1.82, 2.24) is 0 Å². The average Bonchev–Trinajstić information content (AvgIpc) is 2.35. The minimum Gasteiger partial charge on any atom is -0.367 e. The molecule has 0 aliphatic carbocycles. The van der Waals surface area contributed by atoms with Crippen LogP contribution in [0, 0.1) is 21.4 Å². The summed E-state index contributed by atoms with van der Waals surface area (Å²) >= 11 is 0. The van der Waals surface area contributed by atoms with Crippen molar-refractivity contribution >= 4 is 22.1 Å². The summed E-state index contributed by atoms with van der Waals surface area (Å²) < 4.78 is 0. The Labute approximate surface area is 97.4 Å². The third kappa shape index (κ3) is 2.01. The van der Waals surface area contributed by atoms with Gasteiger partial charge in [-0.05, 0) is 17.5 Å². The van der Waals surface area contributed by atoms with Crippen LogP contribution in [-0.4, -0.2) is 11.5 Å². The van der Waals surface area contributed by atoms with Crippen molar-refractivity contribution in [3.05, 3.63) is 46.5 Å². The summed E-state index contributed by atoms with van der Waals surface area (Å²) in [6, 6.07) is 12.4. The van der Waals surface area contributed by atoms with Crippen molar-refractivity contribution < 1.29 is 4.92 Å². The lowest BCUT2D eigenvalue weighted by atomic mass is 10.1. The second-order valence-corrected chi connectivity index (χ2v) is 3.45. The van der Waals surface area contributed by atoms with E-state index in [2.05, 4.69) is 5.32 Å². The van der Waals surface area contributed by atoms with Crippen molar-refractivity contribution in [2.75, 3.05) is 11.9 Å². The normalized spacial score (nSPS) is 9.82. The molecule has 0 aromatic heterocycles. The van der Waals surface area contributed by atoms with Gasteiger partial charge in [-0.15, -0.1) is 0 Å². The van der Waals surface area contributed by atoms with Gasteiger partial charge in [-0.1, -0.05) is 24.3 Å². The number of anilines is 1. The molecule has 0 saturated heterocycles. The highest BCUT2D eigenvalue weighted by molar-refractivity contribution is 5.96. The summed E-state index contributed by atoms with van der Waals surface area (Å²) in [6.07, 6.45) is 0. The van der Waals surface area contributed by atoms with E-state index >= 15 is 0 Å². The van der Waals surface area contributed by atoms with Crippen LogP contribution >= 0.6 is 0 Å². The highest BCUT2D eigenvalue weighted by Crippen LogP contribution is 2.32. The second-order valence-electron chi connectivity index (χ2n) is 3.45. The van der Waals surface area contributed by atoms with Crippen molar-refractivity contribution in [2.24, 2.45) is 0 Å². The van der Waals surface area contributed by atoms with Crippen LogP contribution in [0.2, 0.25) is 0 Å². The summed E-state index contributed by atoms with van der Waals surface area (Å²) in [4.78, 5) is 10.7. The van der Waals surface area contributed by atoms with E-state index in [0.717, 1.165) is 5.39 Å². The molecule has 2 aromatic carbocycles. The number of fused-ring (bicyclic) bond motifs is 1. The number of nitro groups is 1. The lowest BCUT2D eigenvalue weighted by molar-refractivity contribution is -0.382. The van der Waals surface area contributed by atoms with Crippen molar-refractivity contribution in [3.8, 4) is 6.07 Å². The minimum absolute atomic E-state index is 0.0124. The summed E-state index contributed by atoms with van der Waals surface area (Å²) in [6.45, 7) is 0.0409. The predicted octanol–water partition coefficient (Wildman–Crippen LogP) is 2.68. The molecule has 2 rings (SSSR count). The van der Waals surface area contributed by atoms with Gasteiger partial charge in [0.15, 0.2) is 0 Å². The summed E-state index contributed by atoms with van der Waals surface area (Å²) in [5.41, 5.74) is 0.383. The molecule has 17 heavy (non-hydrogen) atoms. The number of hydrogen-bond acceptors (Lipinski definition) is 4. The molecule has 0 bridgehead atoms. The van der Waals surface area contributed by atoms with Gasteiger partial charge in [-0.3, -0.25) is 10.1 Å². The van der Waals surface area contributed by atoms with E-state index < -0.39 is 4.92 Å². The fourth-order valence-electron chi connectivity index (χ4n) is 1.73. The standard InChI is InChI=1S/C12H9N3O2/c13-7-8-14-11-6-5-9-3-1-2-4-10(9)12(11)15(16)17/h1-6,14H,8H2. The van der Waals surface area contributed by atoms with Crippen LogP contribution in [0.5, 0.6) is 0 Å². The predicted molar refractivity (Wildman–Crippen MR) is 64.7 cm³/mol. The molecule has 0 atom stereocenters. The van der Waals surface area contributed by atoms with E-state index in [0.29, 0.717) is 11.1 Å². The largest absolute Gasteiger partial charge is 0.367 e. The van der Waals surface area contributed by atoms with Gasteiger partial charge in [0.25, 0.3) is 5.69 Å². The molecule has 0 aliphatic heterocycles. The van der Waals surface area contributed by atoms with Crippen molar-refractivity contribution in [1.29, 1.82) is 5.26 Å². The smallest absolute Gasteiger partial charge is 0.300 e. The minimum atomic E-state index is -0.429. The molecule has 0 unspecified atom stereocenters. The summed E-state index contributed by atoms with van der Waals surface area (Å²) in [5.74, 6) is 0. The SMILES string of the molecule is N#CCNc1ccc2ccccc2c1[N+](=O)[O-]. The maximum Gasteiger partial charge on any atom is 0.300 e. The van der Waals surface area contributed by atoms with Gasteiger partial charge in [0.2, 0.25) is 0 Å². The molecular formula is C12H9N3O2. The van der Waals surface area contributed by atoms with Gasteiger partial charge in [0.1, 0.15) is 12.2 Å². The van der Waals surface area contributed by atoms with E-state index in [4.69, 9.17) is 5.26 Å². The molecule has 0 aliphatic rings. The first-order valence-corrected chi connectivity index (χ1v) is 5.01. The molecule has 2 aromatic rings. The Bertz CT molecular complexity index is 617. The number of nitrogens with zero attached hydrogens (tertiary/aromatic N) is 2. The fourth-order valence-corrected chi connectivity index (χ4v) is 1.73. The molecule has 0 heterocycles. The number of hydrogen-bond donors (Lipinski definition) is 1. The van der Waals surface area contributed by atoms with Gasteiger partial charge < -0.3 is 5.32 Å². The number of nitro benzene ring substituents is 1. The molecule has 0 fully saturated rings. The molecule has 1 N–H and O–H groups in total. The van der Waals surface area contributed by atoms with Crippen molar-refractivity contribution in [3.63, 3.8) is 0 Å². The van der Waals surface area contributed by atoms with Crippen molar-refractivity contribution in [2.45, 2.75) is 0 Å². The third-order valence-corrected chi connectivity index (χ3v) is 2.44. The van der Waals surface area contributed by atoms with E-state index in [1.165, 1.54) is 0 Å². The Morgan fingerprint density at radius 1 is 1.29 bits per heavy atom. The lowest BCUT2D eigenvalue weighted by Crippen LogP contribution is -2.02.